The Morgan fingerprint density at radius 1 is 1.88 bits per heavy atom. The van der Waals surface area contributed by atoms with E-state index in [4.69, 9.17) is 5.11 Å². The molecule has 4 heteroatoms. The Labute approximate surface area is 53.6 Å². The van der Waals surface area contributed by atoms with Gasteiger partial charge in [-0.3, -0.25) is 0 Å². The molecule has 0 aromatic heterocycles. The van der Waals surface area contributed by atoms with Gasteiger partial charge in [0, 0.05) is 0 Å². The molecule has 1 atom stereocenters. The van der Waals surface area contributed by atoms with Crippen molar-refractivity contribution in [2.24, 2.45) is 0 Å². The Morgan fingerprint density at radius 2 is 2.62 bits per heavy atom. The maximum absolute atomic E-state index is 10.1. The second-order valence-corrected chi connectivity index (χ2v) is 3.77. The second kappa shape index (κ2) is 2.48. The van der Waals surface area contributed by atoms with Gasteiger partial charge >= 0.3 is 52.9 Å². The second-order valence-electron chi connectivity index (χ2n) is 1.61. The Kier molecular flexibility index (Phi) is 1.89. The van der Waals surface area contributed by atoms with E-state index in [1.807, 2.05) is 0 Å². The van der Waals surface area contributed by atoms with E-state index in [0.29, 0.717) is 15.0 Å². The standard InChI is InChI=1S/C4H7NO2Se/c6-4(7)3-1-8-2-5-3/h3,5H,1-2H2,(H,6,7)/t3-/m0/s1. The summed E-state index contributed by atoms with van der Waals surface area (Å²) >= 11 is 0.531. The molecule has 1 rings (SSSR count). The van der Waals surface area contributed by atoms with E-state index in [-0.39, 0.29) is 6.04 Å². The normalized spacial score (nSPS) is 28.2. The van der Waals surface area contributed by atoms with E-state index in [1.165, 1.54) is 0 Å². The molecule has 0 bridgehead atoms. The number of carboxylic acid groups (broad SMARTS) is 1. The summed E-state index contributed by atoms with van der Waals surface area (Å²) in [7, 11) is 0. The van der Waals surface area contributed by atoms with Crippen LogP contribution in [0.15, 0.2) is 0 Å². The van der Waals surface area contributed by atoms with E-state index in [1.54, 1.807) is 0 Å². The number of nitrogens with one attached hydrogen (secondary N) is 1. The van der Waals surface area contributed by atoms with Crippen LogP contribution in [0.25, 0.3) is 0 Å². The average Bonchev–Trinajstić information content (AvgIpc) is 2.12. The molecule has 0 aromatic carbocycles. The number of carboxylic acids is 1. The Balaban J connectivity index is 2.35. The van der Waals surface area contributed by atoms with Gasteiger partial charge in [-0.2, -0.15) is 0 Å². The van der Waals surface area contributed by atoms with Crippen molar-refractivity contribution >= 4 is 20.9 Å². The first-order valence-corrected chi connectivity index (χ1v) is 4.77. The van der Waals surface area contributed by atoms with E-state index >= 15 is 0 Å². The van der Waals surface area contributed by atoms with Gasteiger partial charge in [0.05, 0.1) is 0 Å². The Hall–Kier alpha value is -0.0505. The van der Waals surface area contributed by atoms with Crippen LogP contribution in [0.1, 0.15) is 0 Å². The molecule has 8 heavy (non-hydrogen) atoms. The predicted octanol–water partition coefficient (Wildman–Crippen LogP) is -0.877. The van der Waals surface area contributed by atoms with Crippen LogP contribution < -0.4 is 5.32 Å². The number of aliphatic carboxylic acids is 1. The molecule has 2 N–H and O–H groups in total. The molecule has 1 saturated heterocycles. The van der Waals surface area contributed by atoms with Crippen molar-refractivity contribution in [2.45, 2.75) is 11.4 Å². The minimum absolute atomic E-state index is 0.241. The number of hydrogen-bond donors (Lipinski definition) is 2. The molecule has 46 valence electrons. The average molecular weight is 180 g/mol. The van der Waals surface area contributed by atoms with Crippen LogP contribution in [0, 0.1) is 0 Å². The van der Waals surface area contributed by atoms with Gasteiger partial charge in [-0.15, -0.1) is 0 Å². The number of hydrogen-bond acceptors (Lipinski definition) is 2. The van der Waals surface area contributed by atoms with Gasteiger partial charge in [0.15, 0.2) is 0 Å². The molecular formula is C4H7NO2Se. The molecule has 0 aliphatic carbocycles. The molecule has 0 saturated carbocycles. The first kappa shape index (κ1) is 6.08. The molecule has 1 fully saturated rings. The van der Waals surface area contributed by atoms with Crippen molar-refractivity contribution in [3.63, 3.8) is 0 Å². The summed E-state index contributed by atoms with van der Waals surface area (Å²) in [6.07, 6.45) is 0. The van der Waals surface area contributed by atoms with Gasteiger partial charge in [-0.25, -0.2) is 0 Å². The van der Waals surface area contributed by atoms with Crippen LogP contribution in [0.4, 0.5) is 0 Å². The van der Waals surface area contributed by atoms with Crippen molar-refractivity contribution in [3.8, 4) is 0 Å². The van der Waals surface area contributed by atoms with Crippen LogP contribution >= 0.6 is 0 Å². The van der Waals surface area contributed by atoms with Crippen molar-refractivity contribution < 1.29 is 9.90 Å². The topological polar surface area (TPSA) is 49.3 Å². The molecule has 0 amide bonds. The summed E-state index contributed by atoms with van der Waals surface area (Å²) in [5, 5.41) is 12.1. The Morgan fingerprint density at radius 3 is 2.88 bits per heavy atom. The van der Waals surface area contributed by atoms with Crippen LogP contribution in [-0.2, 0) is 4.79 Å². The zero-order valence-electron chi connectivity index (χ0n) is 4.26. The molecule has 0 aromatic rings. The van der Waals surface area contributed by atoms with Gasteiger partial charge < -0.3 is 0 Å². The fourth-order valence-electron chi connectivity index (χ4n) is 0.554. The Bertz CT molecular complexity index is 100. The molecule has 1 aliphatic rings. The summed E-state index contributed by atoms with van der Waals surface area (Å²) in [5.41, 5.74) is 0.921. The third kappa shape index (κ3) is 1.22. The van der Waals surface area contributed by atoms with Crippen LogP contribution in [-0.4, -0.2) is 37.5 Å². The van der Waals surface area contributed by atoms with E-state index in [0.717, 1.165) is 10.8 Å². The molecule has 0 spiro atoms. The summed E-state index contributed by atoms with van der Waals surface area (Å²) in [6, 6.07) is -0.241. The van der Waals surface area contributed by atoms with Gasteiger partial charge in [0.2, 0.25) is 0 Å². The number of carbonyl (C=O) groups is 1. The van der Waals surface area contributed by atoms with Crippen LogP contribution in [0.2, 0.25) is 5.32 Å². The molecular weight excluding hydrogens is 173 g/mol. The van der Waals surface area contributed by atoms with E-state index in [9.17, 15) is 4.79 Å². The number of rotatable bonds is 1. The zero-order valence-corrected chi connectivity index (χ0v) is 5.97. The minimum atomic E-state index is -0.704. The third-order valence-electron chi connectivity index (χ3n) is 1.01. The fourth-order valence-corrected chi connectivity index (χ4v) is 2.51. The molecule has 0 radical (unpaired) electrons. The predicted molar refractivity (Wildman–Crippen MR) is 30.0 cm³/mol. The quantitative estimate of drug-likeness (QED) is 0.515. The molecule has 1 heterocycles. The molecule has 0 unspecified atom stereocenters. The van der Waals surface area contributed by atoms with Gasteiger partial charge in [-0.05, 0) is 0 Å². The maximum atomic E-state index is 10.1. The molecule has 1 aliphatic heterocycles. The van der Waals surface area contributed by atoms with Crippen molar-refractivity contribution in [1.82, 2.24) is 5.32 Å². The zero-order chi connectivity index (χ0) is 5.98. The van der Waals surface area contributed by atoms with E-state index < -0.39 is 5.97 Å². The first-order chi connectivity index (χ1) is 3.80. The van der Waals surface area contributed by atoms with E-state index in [2.05, 4.69) is 5.32 Å². The monoisotopic (exact) mass is 181 g/mol. The third-order valence-corrected chi connectivity index (χ3v) is 2.99. The van der Waals surface area contributed by atoms with Gasteiger partial charge in [-0.1, -0.05) is 0 Å². The molecule has 3 nitrogen and oxygen atoms in total. The van der Waals surface area contributed by atoms with Crippen molar-refractivity contribution in [2.75, 3.05) is 5.44 Å². The van der Waals surface area contributed by atoms with Crippen molar-refractivity contribution in [3.05, 3.63) is 0 Å². The van der Waals surface area contributed by atoms with Crippen LogP contribution in [0.3, 0.4) is 0 Å². The first-order valence-electron chi connectivity index (χ1n) is 2.34. The summed E-state index contributed by atoms with van der Waals surface area (Å²) in [5.74, 6) is -0.704. The fraction of sp³-hybridized carbons (Fsp3) is 0.750. The SMILES string of the molecule is O=C(O)[C@@H]1C[Se]CN1. The summed E-state index contributed by atoms with van der Waals surface area (Å²) < 4.78 is 0. The summed E-state index contributed by atoms with van der Waals surface area (Å²) in [6.45, 7) is 0. The summed E-state index contributed by atoms with van der Waals surface area (Å²) in [4.78, 5) is 10.1. The van der Waals surface area contributed by atoms with Crippen LogP contribution in [0.5, 0.6) is 0 Å². The van der Waals surface area contributed by atoms with Crippen molar-refractivity contribution in [1.29, 1.82) is 0 Å². The van der Waals surface area contributed by atoms with Gasteiger partial charge in [0.25, 0.3) is 0 Å². The van der Waals surface area contributed by atoms with Gasteiger partial charge in [0.1, 0.15) is 0 Å².